The van der Waals surface area contributed by atoms with Crippen molar-refractivity contribution in [2.45, 2.75) is 38.6 Å². The Labute approximate surface area is 181 Å². The number of methoxy groups -OCH3 is 1. The highest BCUT2D eigenvalue weighted by Gasteiger charge is 2.32. The van der Waals surface area contributed by atoms with Gasteiger partial charge >= 0.3 is 0 Å². The van der Waals surface area contributed by atoms with Crippen LogP contribution in [0.4, 0.5) is 0 Å². The van der Waals surface area contributed by atoms with E-state index >= 15 is 0 Å². The first-order valence-corrected chi connectivity index (χ1v) is 10.6. The number of nitrogens with one attached hydrogen (secondary N) is 1. The number of aromatic nitrogens is 2. The minimum Gasteiger partial charge on any atom is -0.497 e. The van der Waals surface area contributed by atoms with Gasteiger partial charge in [-0.15, -0.1) is 0 Å². The molecular weight excluding hydrogens is 390 g/mol. The molecule has 0 unspecified atom stereocenters. The number of H-pyrrole nitrogens is 1. The maximum atomic E-state index is 13.0. The number of rotatable bonds is 6. The molecule has 0 aliphatic carbocycles. The quantitative estimate of drug-likeness (QED) is 0.665. The van der Waals surface area contributed by atoms with Crippen molar-refractivity contribution in [2.24, 2.45) is 0 Å². The average molecular weight is 418 g/mol. The van der Waals surface area contributed by atoms with Crippen molar-refractivity contribution in [3.8, 4) is 5.75 Å². The molecule has 1 aromatic heterocycles. The van der Waals surface area contributed by atoms with Crippen molar-refractivity contribution in [1.29, 1.82) is 0 Å². The number of likely N-dealkylation sites (tertiary alicyclic amines) is 1. The molecule has 1 aliphatic rings. The van der Waals surface area contributed by atoms with Gasteiger partial charge in [-0.25, -0.2) is 4.98 Å². The molecule has 1 saturated heterocycles. The van der Waals surface area contributed by atoms with E-state index in [4.69, 9.17) is 9.72 Å². The van der Waals surface area contributed by atoms with E-state index in [0.717, 1.165) is 35.4 Å². The van der Waals surface area contributed by atoms with E-state index in [-0.39, 0.29) is 17.5 Å². The summed E-state index contributed by atoms with van der Waals surface area (Å²) in [5, 5.41) is 0. The Kier molecular flexibility index (Phi) is 6.16. The monoisotopic (exact) mass is 417 g/mol. The highest BCUT2D eigenvalue weighted by molar-refractivity contribution is 5.79. The fourth-order valence-electron chi connectivity index (χ4n) is 4.17. The molecule has 160 valence electrons. The van der Waals surface area contributed by atoms with E-state index in [2.05, 4.69) is 4.98 Å². The SMILES string of the molecule is COc1ccc(CC(=O)N2CCC[C@@H]2c2nc(C)c(Cc3ccccc3)c(=O)[nH]2)cc1. The van der Waals surface area contributed by atoms with Crippen molar-refractivity contribution in [3.05, 3.63) is 93.2 Å². The molecule has 31 heavy (non-hydrogen) atoms. The van der Waals surface area contributed by atoms with Crippen molar-refractivity contribution in [3.63, 3.8) is 0 Å². The molecule has 4 rings (SSSR count). The van der Waals surface area contributed by atoms with Gasteiger partial charge in [0.25, 0.3) is 5.56 Å². The van der Waals surface area contributed by atoms with Gasteiger partial charge < -0.3 is 14.6 Å². The van der Waals surface area contributed by atoms with Crippen LogP contribution < -0.4 is 10.3 Å². The molecule has 3 aromatic rings. The second-order valence-electron chi connectivity index (χ2n) is 7.95. The van der Waals surface area contributed by atoms with Crippen molar-refractivity contribution in [2.75, 3.05) is 13.7 Å². The van der Waals surface area contributed by atoms with Gasteiger partial charge in [-0.1, -0.05) is 42.5 Å². The van der Waals surface area contributed by atoms with Crippen LogP contribution in [0, 0.1) is 6.92 Å². The molecule has 0 radical (unpaired) electrons. The lowest BCUT2D eigenvalue weighted by Gasteiger charge is -2.24. The normalized spacial score (nSPS) is 15.8. The first-order chi connectivity index (χ1) is 15.0. The maximum Gasteiger partial charge on any atom is 0.254 e. The fourth-order valence-corrected chi connectivity index (χ4v) is 4.17. The van der Waals surface area contributed by atoms with Gasteiger partial charge in [0, 0.05) is 24.2 Å². The summed E-state index contributed by atoms with van der Waals surface area (Å²) < 4.78 is 5.18. The molecule has 1 N–H and O–H groups in total. The van der Waals surface area contributed by atoms with Gasteiger partial charge in [-0.3, -0.25) is 9.59 Å². The van der Waals surface area contributed by atoms with Crippen molar-refractivity contribution < 1.29 is 9.53 Å². The van der Waals surface area contributed by atoms with Crippen LogP contribution in [0.25, 0.3) is 0 Å². The standard InChI is InChI=1S/C25H27N3O3/c1-17-21(15-18-7-4-3-5-8-18)25(30)27-24(26-17)22-9-6-14-28(22)23(29)16-19-10-12-20(31-2)13-11-19/h3-5,7-8,10-13,22H,6,9,14-16H2,1-2H3,(H,26,27,30)/t22-/m1/s1. The Morgan fingerprint density at radius 1 is 1.13 bits per heavy atom. The lowest BCUT2D eigenvalue weighted by atomic mass is 10.0. The molecule has 2 aromatic carbocycles. The summed E-state index contributed by atoms with van der Waals surface area (Å²) in [6, 6.07) is 17.2. The van der Waals surface area contributed by atoms with Crippen LogP contribution in [-0.4, -0.2) is 34.4 Å². The molecule has 0 saturated carbocycles. The highest BCUT2D eigenvalue weighted by Crippen LogP contribution is 2.30. The zero-order valence-electron chi connectivity index (χ0n) is 17.9. The second-order valence-corrected chi connectivity index (χ2v) is 7.95. The largest absolute Gasteiger partial charge is 0.497 e. The summed E-state index contributed by atoms with van der Waals surface area (Å²) in [5.41, 5.74) is 3.28. The summed E-state index contributed by atoms with van der Waals surface area (Å²) in [7, 11) is 1.62. The van der Waals surface area contributed by atoms with Gasteiger partial charge in [-0.05, 0) is 43.0 Å². The summed E-state index contributed by atoms with van der Waals surface area (Å²) in [5.74, 6) is 1.39. The van der Waals surface area contributed by atoms with Crippen LogP contribution in [0.15, 0.2) is 59.4 Å². The lowest BCUT2D eigenvalue weighted by molar-refractivity contribution is -0.131. The predicted octanol–water partition coefficient (Wildman–Crippen LogP) is 3.58. The van der Waals surface area contributed by atoms with E-state index in [1.54, 1.807) is 7.11 Å². The zero-order valence-corrected chi connectivity index (χ0v) is 17.9. The Morgan fingerprint density at radius 3 is 2.55 bits per heavy atom. The molecule has 1 aliphatic heterocycles. The van der Waals surface area contributed by atoms with E-state index in [1.165, 1.54) is 0 Å². The predicted molar refractivity (Wildman–Crippen MR) is 119 cm³/mol. The van der Waals surface area contributed by atoms with Gasteiger partial charge in [0.1, 0.15) is 11.6 Å². The third-order valence-electron chi connectivity index (χ3n) is 5.87. The summed E-state index contributed by atoms with van der Waals surface area (Å²) in [6.45, 7) is 2.55. The van der Waals surface area contributed by atoms with Crippen LogP contribution in [0.3, 0.4) is 0 Å². The lowest BCUT2D eigenvalue weighted by Crippen LogP contribution is -2.34. The summed E-state index contributed by atoms with van der Waals surface area (Å²) in [4.78, 5) is 35.4. The van der Waals surface area contributed by atoms with E-state index in [9.17, 15) is 9.59 Å². The smallest absolute Gasteiger partial charge is 0.254 e. The number of hydrogen-bond donors (Lipinski definition) is 1. The first kappa shape index (κ1) is 20.8. The molecule has 1 atom stereocenters. The number of benzene rings is 2. The molecule has 6 heteroatoms. The Balaban J connectivity index is 1.52. The van der Waals surface area contributed by atoms with Gasteiger partial charge in [0.05, 0.1) is 19.6 Å². The Hall–Kier alpha value is -3.41. The third kappa shape index (κ3) is 4.68. The average Bonchev–Trinajstić information content (AvgIpc) is 3.27. The summed E-state index contributed by atoms with van der Waals surface area (Å²) in [6.07, 6.45) is 2.55. The molecule has 1 amide bonds. The fraction of sp³-hybridized carbons (Fsp3) is 0.320. The van der Waals surface area contributed by atoms with E-state index < -0.39 is 0 Å². The molecule has 0 bridgehead atoms. The molecule has 2 heterocycles. The zero-order chi connectivity index (χ0) is 21.8. The van der Waals surface area contributed by atoms with Crippen LogP contribution in [0.5, 0.6) is 5.75 Å². The Morgan fingerprint density at radius 2 is 1.87 bits per heavy atom. The van der Waals surface area contributed by atoms with Crippen LogP contribution in [-0.2, 0) is 17.6 Å². The number of hydrogen-bond acceptors (Lipinski definition) is 4. The van der Waals surface area contributed by atoms with Crippen molar-refractivity contribution >= 4 is 5.91 Å². The maximum absolute atomic E-state index is 13.0. The highest BCUT2D eigenvalue weighted by atomic mass is 16.5. The van der Waals surface area contributed by atoms with E-state index in [1.807, 2.05) is 66.4 Å². The second kappa shape index (κ2) is 9.16. The van der Waals surface area contributed by atoms with Crippen molar-refractivity contribution in [1.82, 2.24) is 14.9 Å². The number of aryl methyl sites for hydroxylation is 1. The number of carbonyl (C=O) groups is 1. The van der Waals surface area contributed by atoms with Gasteiger partial charge in [0.2, 0.25) is 5.91 Å². The molecule has 6 nitrogen and oxygen atoms in total. The third-order valence-corrected chi connectivity index (χ3v) is 5.87. The van der Waals surface area contributed by atoms with Gasteiger partial charge in [-0.2, -0.15) is 0 Å². The minimum absolute atomic E-state index is 0.0429. The molecule has 0 spiro atoms. The number of nitrogens with zero attached hydrogens (tertiary/aromatic N) is 2. The van der Waals surface area contributed by atoms with Gasteiger partial charge in [0.15, 0.2) is 0 Å². The minimum atomic E-state index is -0.192. The first-order valence-electron chi connectivity index (χ1n) is 10.6. The molecule has 1 fully saturated rings. The van der Waals surface area contributed by atoms with Crippen LogP contribution in [0.2, 0.25) is 0 Å². The number of aromatic amines is 1. The topological polar surface area (TPSA) is 75.3 Å². The number of ether oxygens (including phenoxy) is 1. The number of carbonyl (C=O) groups excluding carboxylic acids is 1. The Bertz CT molecular complexity index is 1110. The van der Waals surface area contributed by atoms with Crippen LogP contribution >= 0.6 is 0 Å². The number of amides is 1. The summed E-state index contributed by atoms with van der Waals surface area (Å²) >= 11 is 0. The molecular formula is C25H27N3O3. The van der Waals surface area contributed by atoms with Crippen LogP contribution in [0.1, 0.15) is 47.1 Å². The van der Waals surface area contributed by atoms with E-state index in [0.29, 0.717) is 30.8 Å².